The molecule has 0 fully saturated rings. The molecule has 0 radical (unpaired) electrons. The van der Waals surface area contributed by atoms with Crippen LogP contribution in [0.4, 0.5) is 0 Å². The summed E-state index contributed by atoms with van der Waals surface area (Å²) < 4.78 is 6.42. The number of fused-ring (bicyclic) bond motifs is 3. The number of ether oxygens (including phenoxy) is 1. The maximum atomic E-state index is 11.3. The molecule has 4 rings (SSSR count). The van der Waals surface area contributed by atoms with Gasteiger partial charge in [-0.15, -0.1) is 5.10 Å². The zero-order chi connectivity index (χ0) is 17.2. The van der Waals surface area contributed by atoms with Gasteiger partial charge in [-0.25, -0.2) is 9.97 Å². The van der Waals surface area contributed by atoms with Gasteiger partial charge in [0, 0.05) is 24.6 Å². The molecular formula is C17H16N6O2. The van der Waals surface area contributed by atoms with Crippen molar-refractivity contribution in [1.29, 1.82) is 0 Å². The molecule has 0 aliphatic carbocycles. The normalized spacial score (nSPS) is 11.2. The number of aromatic nitrogens is 6. The third kappa shape index (κ3) is 2.82. The summed E-state index contributed by atoms with van der Waals surface area (Å²) in [6.07, 6.45) is 3.29. The number of nitrogens with one attached hydrogen (secondary N) is 1. The Hall–Kier alpha value is -3.29. The predicted molar refractivity (Wildman–Crippen MR) is 90.8 cm³/mol. The van der Waals surface area contributed by atoms with Crippen LogP contribution < -0.4 is 0 Å². The summed E-state index contributed by atoms with van der Waals surface area (Å²) in [5, 5.41) is 12.4. The quantitative estimate of drug-likeness (QED) is 0.561. The Morgan fingerprint density at radius 3 is 2.88 bits per heavy atom. The van der Waals surface area contributed by atoms with Crippen molar-refractivity contribution in [2.75, 3.05) is 7.11 Å². The van der Waals surface area contributed by atoms with Crippen molar-refractivity contribution in [1.82, 2.24) is 29.8 Å². The van der Waals surface area contributed by atoms with Gasteiger partial charge in [0.1, 0.15) is 5.82 Å². The van der Waals surface area contributed by atoms with Gasteiger partial charge >= 0.3 is 5.97 Å². The largest absolute Gasteiger partial charge is 0.469 e. The van der Waals surface area contributed by atoms with Gasteiger partial charge in [-0.2, -0.15) is 9.61 Å². The molecule has 0 saturated carbocycles. The third-order valence-corrected chi connectivity index (χ3v) is 3.99. The topological polar surface area (TPSA) is 98.1 Å². The number of hydrogen-bond acceptors (Lipinski definition) is 6. The number of benzene rings is 1. The van der Waals surface area contributed by atoms with Crippen LogP contribution in [0.5, 0.6) is 0 Å². The number of carbonyl (C=O) groups is 1. The van der Waals surface area contributed by atoms with E-state index in [9.17, 15) is 4.79 Å². The van der Waals surface area contributed by atoms with Crippen LogP contribution in [0.1, 0.15) is 18.7 Å². The van der Waals surface area contributed by atoms with E-state index in [0.717, 1.165) is 10.9 Å². The molecule has 4 aromatic rings. The zero-order valence-corrected chi connectivity index (χ0v) is 13.6. The van der Waals surface area contributed by atoms with E-state index in [1.165, 1.54) is 7.11 Å². The van der Waals surface area contributed by atoms with E-state index in [1.54, 1.807) is 10.7 Å². The van der Waals surface area contributed by atoms with Gasteiger partial charge in [0.05, 0.1) is 12.5 Å². The van der Waals surface area contributed by atoms with E-state index in [-0.39, 0.29) is 5.97 Å². The summed E-state index contributed by atoms with van der Waals surface area (Å²) in [6, 6.07) is 9.78. The van der Waals surface area contributed by atoms with Gasteiger partial charge in [0.2, 0.25) is 0 Å². The Bertz CT molecular complexity index is 1040. The third-order valence-electron chi connectivity index (χ3n) is 3.99. The van der Waals surface area contributed by atoms with Crippen LogP contribution >= 0.6 is 0 Å². The number of aryl methyl sites for hydroxylation is 1. The van der Waals surface area contributed by atoms with Gasteiger partial charge < -0.3 is 4.74 Å². The first kappa shape index (κ1) is 15.3. The van der Waals surface area contributed by atoms with Crippen molar-refractivity contribution in [3.8, 4) is 11.4 Å². The minimum absolute atomic E-state index is 0.236. The minimum atomic E-state index is -0.236. The van der Waals surface area contributed by atoms with E-state index in [4.69, 9.17) is 0 Å². The fourth-order valence-corrected chi connectivity index (χ4v) is 2.73. The zero-order valence-electron chi connectivity index (χ0n) is 13.6. The van der Waals surface area contributed by atoms with Crippen LogP contribution in [0.3, 0.4) is 0 Å². The van der Waals surface area contributed by atoms with Gasteiger partial charge in [0.25, 0.3) is 0 Å². The van der Waals surface area contributed by atoms with Crippen molar-refractivity contribution < 1.29 is 9.53 Å². The van der Waals surface area contributed by atoms with Crippen LogP contribution in [0.25, 0.3) is 28.1 Å². The van der Waals surface area contributed by atoms with E-state index in [1.807, 2.05) is 30.3 Å². The first-order valence-electron chi connectivity index (χ1n) is 7.97. The first-order chi connectivity index (χ1) is 12.3. The molecule has 3 heterocycles. The lowest BCUT2D eigenvalue weighted by Crippen LogP contribution is -2.06. The molecule has 0 amide bonds. The molecule has 0 unspecified atom stereocenters. The summed E-state index contributed by atoms with van der Waals surface area (Å²) in [7, 11) is 1.39. The maximum Gasteiger partial charge on any atom is 0.305 e. The number of aromatic amines is 1. The second-order valence-corrected chi connectivity index (χ2v) is 5.62. The highest BCUT2D eigenvalue weighted by molar-refractivity contribution is 5.89. The second kappa shape index (κ2) is 6.31. The van der Waals surface area contributed by atoms with Crippen molar-refractivity contribution in [3.63, 3.8) is 0 Å². The van der Waals surface area contributed by atoms with E-state index < -0.39 is 0 Å². The molecule has 1 aromatic carbocycles. The van der Waals surface area contributed by atoms with E-state index in [2.05, 4.69) is 30.0 Å². The molecule has 0 spiro atoms. The maximum absolute atomic E-state index is 11.3. The summed E-state index contributed by atoms with van der Waals surface area (Å²) in [5.41, 5.74) is 2.22. The Kier molecular flexibility index (Phi) is 3.85. The first-order valence-corrected chi connectivity index (χ1v) is 7.97. The summed E-state index contributed by atoms with van der Waals surface area (Å²) in [5.74, 6) is 1.11. The van der Waals surface area contributed by atoms with Gasteiger partial charge in [-0.05, 0) is 6.42 Å². The summed E-state index contributed by atoms with van der Waals surface area (Å²) in [4.78, 5) is 20.6. The number of rotatable bonds is 5. The molecule has 1 N–H and O–H groups in total. The molecule has 0 bridgehead atoms. The minimum Gasteiger partial charge on any atom is -0.469 e. The van der Waals surface area contributed by atoms with Crippen LogP contribution in [0.2, 0.25) is 0 Å². The van der Waals surface area contributed by atoms with Crippen molar-refractivity contribution >= 4 is 22.6 Å². The highest BCUT2D eigenvalue weighted by Crippen LogP contribution is 2.21. The molecule has 3 aromatic heterocycles. The number of nitrogens with zero attached hydrogens (tertiary/aromatic N) is 5. The highest BCUT2D eigenvalue weighted by atomic mass is 16.5. The monoisotopic (exact) mass is 336 g/mol. The lowest BCUT2D eigenvalue weighted by Gasteiger charge is -2.03. The number of methoxy groups -OCH3 is 1. The average Bonchev–Trinajstić information content (AvgIpc) is 3.28. The van der Waals surface area contributed by atoms with E-state index >= 15 is 0 Å². The molecule has 0 aliphatic heterocycles. The fourth-order valence-electron chi connectivity index (χ4n) is 2.73. The lowest BCUT2D eigenvalue weighted by atomic mass is 10.2. The van der Waals surface area contributed by atoms with E-state index in [0.29, 0.717) is 42.2 Å². The molecule has 25 heavy (non-hydrogen) atoms. The smallest absolute Gasteiger partial charge is 0.305 e. The predicted octanol–water partition coefficient (Wildman–Crippen LogP) is 2.16. The number of hydrogen-bond donors (Lipinski definition) is 1. The van der Waals surface area contributed by atoms with Gasteiger partial charge in [0.15, 0.2) is 17.1 Å². The molecule has 0 atom stereocenters. The SMILES string of the molecule is COC(=O)CCCc1nc2n[nH]cc2c2nc(-c3ccccc3)nn12. The van der Waals surface area contributed by atoms with Crippen molar-refractivity contribution in [2.24, 2.45) is 0 Å². The Morgan fingerprint density at radius 2 is 2.08 bits per heavy atom. The standard InChI is InChI=1S/C17H16N6O2/c1-25-14(24)9-5-8-13-19-16-12(10-18-21-16)17-20-15(22-23(13)17)11-6-3-2-4-7-11/h2-4,6-7,10H,5,8-9H2,1H3,(H,18,21). The molecular weight excluding hydrogens is 320 g/mol. The number of H-pyrrole nitrogens is 1. The Balaban J connectivity index is 1.78. The van der Waals surface area contributed by atoms with Crippen LogP contribution in [-0.2, 0) is 16.0 Å². The van der Waals surface area contributed by atoms with Crippen LogP contribution in [0, 0.1) is 0 Å². The van der Waals surface area contributed by atoms with Gasteiger partial charge in [-0.1, -0.05) is 30.3 Å². The van der Waals surface area contributed by atoms with Gasteiger partial charge in [-0.3, -0.25) is 9.89 Å². The van der Waals surface area contributed by atoms with Crippen molar-refractivity contribution in [3.05, 3.63) is 42.4 Å². The molecule has 8 nitrogen and oxygen atoms in total. The summed E-state index contributed by atoms with van der Waals surface area (Å²) >= 11 is 0. The fraction of sp³-hybridized carbons (Fsp3) is 0.235. The van der Waals surface area contributed by atoms with Crippen LogP contribution in [-0.4, -0.2) is 42.9 Å². The number of esters is 1. The second-order valence-electron chi connectivity index (χ2n) is 5.62. The molecule has 0 saturated heterocycles. The summed E-state index contributed by atoms with van der Waals surface area (Å²) in [6.45, 7) is 0. The Labute approximate surface area is 142 Å². The van der Waals surface area contributed by atoms with Crippen molar-refractivity contribution in [2.45, 2.75) is 19.3 Å². The highest BCUT2D eigenvalue weighted by Gasteiger charge is 2.16. The molecule has 0 aliphatic rings. The Morgan fingerprint density at radius 1 is 1.24 bits per heavy atom. The average molecular weight is 336 g/mol. The lowest BCUT2D eigenvalue weighted by molar-refractivity contribution is -0.140. The number of carbonyl (C=O) groups excluding carboxylic acids is 1. The molecule has 126 valence electrons. The van der Waals surface area contributed by atoms with Crippen LogP contribution in [0.15, 0.2) is 36.5 Å². The molecule has 8 heteroatoms.